The number of hydrogen-bond acceptors (Lipinski definition) is 3. The first-order chi connectivity index (χ1) is 9.32. The van der Waals surface area contributed by atoms with Gasteiger partial charge in [0.25, 0.3) is 5.60 Å². The fraction of sp³-hybridized carbons (Fsp3) is 0.308. The summed E-state index contributed by atoms with van der Waals surface area (Å²) in [6, 6.07) is 6.07. The monoisotopic (exact) mass is 287 g/mol. The Kier molecular flexibility index (Phi) is 3.47. The summed E-state index contributed by atoms with van der Waals surface area (Å²) >= 11 is 0. The van der Waals surface area contributed by atoms with Crippen molar-refractivity contribution in [2.24, 2.45) is 0 Å². The molecule has 0 amide bonds. The van der Waals surface area contributed by atoms with Crippen LogP contribution in [0.1, 0.15) is 12.5 Å². The fourth-order valence-electron chi connectivity index (χ4n) is 1.98. The zero-order valence-corrected chi connectivity index (χ0v) is 10.5. The first kappa shape index (κ1) is 14.4. The van der Waals surface area contributed by atoms with Crippen molar-refractivity contribution in [3.05, 3.63) is 36.0 Å². The number of hydrogen-bond donors (Lipinski definition) is 2. The number of ether oxygens (including phenoxy) is 1. The average molecular weight is 287 g/mol. The highest BCUT2D eigenvalue weighted by Gasteiger charge is 2.63. The lowest BCUT2D eigenvalue weighted by molar-refractivity contribution is -0.267. The van der Waals surface area contributed by atoms with Crippen LogP contribution in [-0.4, -0.2) is 28.8 Å². The Morgan fingerprint density at radius 1 is 1.35 bits per heavy atom. The third kappa shape index (κ3) is 2.03. The molecule has 2 aromatic rings. The lowest BCUT2D eigenvalue weighted by atomic mass is 9.92. The van der Waals surface area contributed by atoms with E-state index in [2.05, 4.69) is 9.72 Å². The molecule has 0 saturated heterocycles. The molecule has 108 valence electrons. The molecule has 1 atom stereocenters. The fourth-order valence-corrected chi connectivity index (χ4v) is 1.98. The minimum atomic E-state index is -5.19. The molecule has 2 rings (SSSR count). The summed E-state index contributed by atoms with van der Waals surface area (Å²) in [5.41, 5.74) is -3.88. The Morgan fingerprint density at radius 2 is 2.00 bits per heavy atom. The summed E-state index contributed by atoms with van der Waals surface area (Å²) < 4.78 is 44.0. The smallest absolute Gasteiger partial charge is 0.432 e. The van der Waals surface area contributed by atoms with Gasteiger partial charge in [0.05, 0.1) is 6.61 Å². The van der Waals surface area contributed by atoms with Gasteiger partial charge in [-0.3, -0.25) is 0 Å². The summed E-state index contributed by atoms with van der Waals surface area (Å²) in [5, 5.41) is 10.1. The van der Waals surface area contributed by atoms with E-state index >= 15 is 0 Å². The molecular weight excluding hydrogens is 275 g/mol. The summed E-state index contributed by atoms with van der Waals surface area (Å²) in [5.74, 6) is -1.74. The van der Waals surface area contributed by atoms with Crippen molar-refractivity contribution >= 4 is 16.9 Å². The molecule has 0 saturated carbocycles. The maximum atomic E-state index is 13.2. The van der Waals surface area contributed by atoms with E-state index in [0.29, 0.717) is 5.52 Å². The van der Waals surface area contributed by atoms with Crippen molar-refractivity contribution in [2.75, 3.05) is 6.61 Å². The predicted molar refractivity (Wildman–Crippen MR) is 64.9 cm³/mol. The number of alkyl halides is 3. The number of aromatic amines is 1. The normalized spacial score (nSPS) is 15.1. The second kappa shape index (κ2) is 4.82. The van der Waals surface area contributed by atoms with E-state index in [4.69, 9.17) is 0 Å². The Hall–Kier alpha value is -2.02. The number of aliphatic hydroxyl groups is 1. The van der Waals surface area contributed by atoms with E-state index in [1.165, 1.54) is 19.1 Å². The lowest BCUT2D eigenvalue weighted by Crippen LogP contribution is -2.50. The minimum absolute atomic E-state index is 0.111. The van der Waals surface area contributed by atoms with E-state index in [1.54, 1.807) is 12.1 Å². The predicted octanol–water partition coefficient (Wildman–Crippen LogP) is 2.48. The third-order valence-corrected chi connectivity index (χ3v) is 2.96. The van der Waals surface area contributed by atoms with Crippen LogP contribution in [0.4, 0.5) is 13.2 Å². The van der Waals surface area contributed by atoms with Crippen molar-refractivity contribution in [1.82, 2.24) is 4.98 Å². The zero-order valence-electron chi connectivity index (χ0n) is 10.5. The van der Waals surface area contributed by atoms with Gasteiger partial charge in [0, 0.05) is 22.7 Å². The molecule has 0 radical (unpaired) electrons. The summed E-state index contributed by atoms with van der Waals surface area (Å²) in [6.45, 7) is 1.10. The van der Waals surface area contributed by atoms with E-state index in [0.717, 1.165) is 6.20 Å². The van der Waals surface area contributed by atoms with Crippen LogP contribution in [0.25, 0.3) is 10.9 Å². The highest BCUT2D eigenvalue weighted by Crippen LogP contribution is 2.42. The van der Waals surface area contributed by atoms with Gasteiger partial charge in [0.15, 0.2) is 0 Å². The number of H-pyrrole nitrogens is 1. The van der Waals surface area contributed by atoms with Crippen LogP contribution in [0.3, 0.4) is 0 Å². The van der Waals surface area contributed by atoms with Gasteiger partial charge in [0.2, 0.25) is 0 Å². The van der Waals surface area contributed by atoms with Gasteiger partial charge in [-0.25, -0.2) is 4.79 Å². The molecule has 1 heterocycles. The number of halogens is 3. The van der Waals surface area contributed by atoms with Gasteiger partial charge in [-0.1, -0.05) is 18.2 Å². The third-order valence-electron chi connectivity index (χ3n) is 2.96. The number of carbonyl (C=O) groups is 1. The number of para-hydroxylation sites is 1. The van der Waals surface area contributed by atoms with E-state index in [9.17, 15) is 23.1 Å². The largest absolute Gasteiger partial charge is 0.463 e. The van der Waals surface area contributed by atoms with Crippen molar-refractivity contribution in [2.45, 2.75) is 18.7 Å². The zero-order chi connectivity index (χ0) is 15.0. The van der Waals surface area contributed by atoms with Crippen LogP contribution in [-0.2, 0) is 15.1 Å². The van der Waals surface area contributed by atoms with E-state index in [-0.39, 0.29) is 12.0 Å². The molecule has 1 aromatic carbocycles. The van der Waals surface area contributed by atoms with Gasteiger partial charge < -0.3 is 14.8 Å². The average Bonchev–Trinajstić information content (AvgIpc) is 2.80. The molecule has 1 aromatic heterocycles. The molecule has 7 heteroatoms. The highest BCUT2D eigenvalue weighted by atomic mass is 19.4. The Bertz CT molecular complexity index is 635. The number of fused-ring (bicyclic) bond motifs is 1. The van der Waals surface area contributed by atoms with Gasteiger partial charge in [0.1, 0.15) is 0 Å². The van der Waals surface area contributed by atoms with Crippen molar-refractivity contribution in [1.29, 1.82) is 0 Å². The van der Waals surface area contributed by atoms with E-state index < -0.39 is 23.3 Å². The van der Waals surface area contributed by atoms with Gasteiger partial charge >= 0.3 is 12.1 Å². The maximum Gasteiger partial charge on any atom is 0.432 e. The van der Waals surface area contributed by atoms with Crippen molar-refractivity contribution < 1.29 is 27.8 Å². The molecule has 0 aliphatic carbocycles. The molecule has 0 spiro atoms. The summed E-state index contributed by atoms with van der Waals surface area (Å²) in [6.07, 6.45) is -4.22. The van der Waals surface area contributed by atoms with Gasteiger partial charge in [-0.2, -0.15) is 13.2 Å². The topological polar surface area (TPSA) is 62.3 Å². The number of benzene rings is 1. The number of carbonyl (C=O) groups excluding carboxylic acids is 1. The quantitative estimate of drug-likeness (QED) is 0.852. The van der Waals surface area contributed by atoms with Crippen LogP contribution < -0.4 is 0 Å². The van der Waals surface area contributed by atoms with Crippen LogP contribution in [0.2, 0.25) is 0 Å². The molecule has 0 unspecified atom stereocenters. The molecular formula is C13H12F3NO3. The first-order valence-corrected chi connectivity index (χ1v) is 5.85. The van der Waals surface area contributed by atoms with Crippen LogP contribution in [0.15, 0.2) is 30.5 Å². The maximum absolute atomic E-state index is 13.2. The number of nitrogens with one attached hydrogen (secondary N) is 1. The van der Waals surface area contributed by atoms with Crippen molar-refractivity contribution in [3.63, 3.8) is 0 Å². The number of aromatic nitrogens is 1. The second-order valence-electron chi connectivity index (χ2n) is 4.18. The van der Waals surface area contributed by atoms with Gasteiger partial charge in [-0.05, 0) is 13.0 Å². The number of rotatable bonds is 3. The van der Waals surface area contributed by atoms with Crippen LogP contribution in [0.5, 0.6) is 0 Å². The molecule has 2 N–H and O–H groups in total. The lowest BCUT2D eigenvalue weighted by Gasteiger charge is -2.27. The molecule has 0 aliphatic heterocycles. The van der Waals surface area contributed by atoms with Gasteiger partial charge in [-0.15, -0.1) is 0 Å². The second-order valence-corrected chi connectivity index (χ2v) is 4.18. The van der Waals surface area contributed by atoms with Crippen LogP contribution in [0, 0.1) is 0 Å². The molecule has 0 fully saturated rings. The van der Waals surface area contributed by atoms with E-state index in [1.807, 2.05) is 0 Å². The Balaban J connectivity index is 2.66. The molecule has 0 aliphatic rings. The first-order valence-electron chi connectivity index (χ1n) is 5.85. The minimum Gasteiger partial charge on any atom is -0.463 e. The molecule has 20 heavy (non-hydrogen) atoms. The summed E-state index contributed by atoms with van der Waals surface area (Å²) in [4.78, 5) is 14.2. The standard InChI is InChI=1S/C13H12F3NO3/c1-2-20-11(18)12(19,13(14,15)16)9-7-17-10-6-4-3-5-8(9)10/h3-7,17,19H,2H2,1H3/t12-/m0/s1. The Labute approximate surface area is 112 Å². The SMILES string of the molecule is CCOC(=O)[C@@](O)(c1c[nH]c2ccccc12)C(F)(F)F. The van der Waals surface area contributed by atoms with Crippen molar-refractivity contribution in [3.8, 4) is 0 Å². The van der Waals surface area contributed by atoms with Crippen LogP contribution >= 0.6 is 0 Å². The molecule has 0 bridgehead atoms. The summed E-state index contributed by atoms with van der Waals surface area (Å²) in [7, 11) is 0. The number of esters is 1. The highest BCUT2D eigenvalue weighted by molar-refractivity contribution is 5.92. The Morgan fingerprint density at radius 3 is 2.60 bits per heavy atom. The molecule has 4 nitrogen and oxygen atoms in total.